The molecule has 0 unspecified atom stereocenters. The second-order valence-electron chi connectivity index (χ2n) is 20.5. The summed E-state index contributed by atoms with van der Waals surface area (Å²) < 4.78 is 39.1. The van der Waals surface area contributed by atoms with E-state index in [2.05, 4.69) is 93.8 Å². The van der Waals surface area contributed by atoms with Gasteiger partial charge in [-0.1, -0.05) is 84.4 Å². The van der Waals surface area contributed by atoms with Crippen molar-refractivity contribution < 1.29 is 47.9 Å². The molecule has 0 radical (unpaired) electrons. The van der Waals surface area contributed by atoms with Crippen molar-refractivity contribution in [2.75, 3.05) is 41.5 Å². The summed E-state index contributed by atoms with van der Waals surface area (Å²) in [5.41, 5.74) is 15.8. The van der Waals surface area contributed by atoms with Crippen molar-refractivity contribution in [3.8, 4) is 75.6 Å². The highest BCUT2D eigenvalue weighted by molar-refractivity contribution is 6.29. The first-order chi connectivity index (χ1) is 43.1. The minimum Gasteiger partial charge on any atom is -0.481 e. The summed E-state index contributed by atoms with van der Waals surface area (Å²) in [7, 11) is 6.15. The van der Waals surface area contributed by atoms with Crippen molar-refractivity contribution in [1.82, 2.24) is 30.6 Å². The maximum Gasteiger partial charge on any atom is 0.234 e. The van der Waals surface area contributed by atoms with E-state index < -0.39 is 0 Å². The highest BCUT2D eigenvalue weighted by atomic mass is 35.5. The second kappa shape index (κ2) is 35.2. The van der Waals surface area contributed by atoms with Crippen LogP contribution in [-0.2, 0) is 48.9 Å². The van der Waals surface area contributed by atoms with Crippen LogP contribution in [0.4, 0.5) is 0 Å². The molecule has 0 bridgehead atoms. The Morgan fingerprint density at radius 1 is 0.449 bits per heavy atom. The van der Waals surface area contributed by atoms with Gasteiger partial charge in [0.25, 0.3) is 0 Å². The molecule has 0 aliphatic heterocycles. The number of pyridine rings is 4. The monoisotopic (exact) mass is 1220 g/mol. The molecular weight excluding hydrogens is 1150 g/mol. The molecule has 0 aliphatic rings. The summed E-state index contributed by atoms with van der Waals surface area (Å²) in [5, 5.41) is 33.3. The molecule has 3 N–H and O–H groups in total. The van der Waals surface area contributed by atoms with Crippen LogP contribution in [0.2, 0.25) is 5.15 Å². The number of nitriles is 2. The Morgan fingerprint density at radius 2 is 0.787 bits per heavy atom. The van der Waals surface area contributed by atoms with Crippen molar-refractivity contribution >= 4 is 23.4 Å². The van der Waals surface area contributed by atoms with E-state index in [-0.39, 0.29) is 30.2 Å². The molecule has 0 saturated heterocycles. The van der Waals surface area contributed by atoms with E-state index in [1.165, 1.54) is 28.1 Å². The van der Waals surface area contributed by atoms with Crippen LogP contribution in [0.5, 0.6) is 41.2 Å². The smallest absolute Gasteiger partial charge is 0.234 e. The first-order valence-corrected chi connectivity index (χ1v) is 29.4. The highest BCUT2D eigenvalue weighted by Crippen LogP contribution is 2.34. The zero-order valence-electron chi connectivity index (χ0n) is 52.2. The normalized spacial score (nSPS) is 10.4. The van der Waals surface area contributed by atoms with E-state index in [1.54, 1.807) is 38.5 Å². The van der Waals surface area contributed by atoms with Crippen LogP contribution < -0.4 is 43.8 Å². The molecule has 464 valence electrons. The molecule has 4 heterocycles. The van der Waals surface area contributed by atoms with Crippen LogP contribution in [0.25, 0.3) is 22.3 Å². The van der Waals surface area contributed by atoms with Crippen LogP contribution in [0.1, 0.15) is 106 Å². The molecule has 0 aliphatic carbocycles. The summed E-state index contributed by atoms with van der Waals surface area (Å²) in [6, 6.07) is 42.7. The highest BCUT2D eigenvalue weighted by Gasteiger charge is 2.17. The Kier molecular flexibility index (Phi) is 27.0. The van der Waals surface area contributed by atoms with Gasteiger partial charge in [-0.25, -0.2) is 4.98 Å². The molecule has 4 aromatic carbocycles. The maximum absolute atomic E-state index is 11.0. The Balaban J connectivity index is 0.000000247. The van der Waals surface area contributed by atoms with Gasteiger partial charge in [0.2, 0.25) is 53.0 Å². The molecule has 0 spiro atoms. The van der Waals surface area contributed by atoms with Gasteiger partial charge in [0.05, 0.1) is 35.0 Å². The van der Waals surface area contributed by atoms with Crippen molar-refractivity contribution in [1.29, 1.82) is 10.5 Å². The summed E-state index contributed by atoms with van der Waals surface area (Å²) in [5.74, 6) is 3.01. The van der Waals surface area contributed by atoms with E-state index in [0.29, 0.717) is 78.6 Å². The molecule has 4 aromatic heterocycles. The summed E-state index contributed by atoms with van der Waals surface area (Å²) in [6.07, 6.45) is 5.26. The van der Waals surface area contributed by atoms with Crippen LogP contribution >= 0.6 is 11.6 Å². The lowest BCUT2D eigenvalue weighted by Crippen LogP contribution is -2.20. The Hall–Kier alpha value is -9.75. The molecule has 2 amide bonds. The van der Waals surface area contributed by atoms with E-state index in [4.69, 9.17) is 50.0 Å². The SMILES string of the molecule is COc1nc(Cl)ccc1C#N.COc1nc(OCc2cccc(-c3cccc(CO)c3C)c2C)ccc1CCCCNC(C)=O.COc1nc(OCc2cccc(-c3cccc(COc4ccc(CCCCNC(C)=O)c(OC)n4)c3C)c2C)ccc1C#N. The first kappa shape index (κ1) is 68.4. The van der Waals surface area contributed by atoms with Gasteiger partial charge in [-0.2, -0.15) is 25.5 Å². The number of hydrogen-bond donors (Lipinski definition) is 3. The Morgan fingerprint density at radius 3 is 1.15 bits per heavy atom. The minimum absolute atomic E-state index is 0.00432. The molecule has 19 heteroatoms. The molecule has 8 aromatic rings. The van der Waals surface area contributed by atoms with Gasteiger partial charge in [0, 0.05) is 56.3 Å². The number of methoxy groups -OCH3 is 4. The standard InChI is InChI=1S/C35H38N4O5.C28H34N2O4.C7H5ClN2O/c1-23-28(21-43-32-17-15-26(34(38-32)41-4)10-6-7-19-37-25(3)40)11-8-13-30(23)31-14-9-12-29(24(31)2)22-44-33-18-16-27(20-36)35(39-33)42-5;1-19-23(17-31)10-7-12-25(19)26-13-8-11-24(20(26)2)18-34-27-15-14-22(28(30-27)33-4)9-5-6-16-29-21(3)32;1-11-7-5(4-9)2-3-6(8)10-7/h8-9,11-18H,6-7,10,19,21-22H2,1-5H3,(H,37,40);7-8,10-15,31H,5-6,9,16-18H2,1-4H3,(H,29,32);2-3H,1H3. The molecule has 89 heavy (non-hydrogen) atoms. The summed E-state index contributed by atoms with van der Waals surface area (Å²) in [4.78, 5) is 39.2. The predicted octanol–water partition coefficient (Wildman–Crippen LogP) is 12.8. The molecule has 0 saturated carbocycles. The van der Waals surface area contributed by atoms with Crippen LogP contribution in [-0.4, -0.2) is 78.4 Å². The number of halogens is 1. The number of nitrogens with one attached hydrogen (secondary N) is 2. The maximum atomic E-state index is 11.0. The Bertz CT molecular complexity index is 3770. The average molecular weight is 1230 g/mol. The number of unbranched alkanes of at least 4 members (excludes halogenated alkanes) is 2. The number of aromatic nitrogens is 4. The van der Waals surface area contributed by atoms with Crippen molar-refractivity contribution in [3.05, 3.63) is 193 Å². The predicted molar refractivity (Wildman–Crippen MR) is 342 cm³/mol. The van der Waals surface area contributed by atoms with Gasteiger partial charge in [0.1, 0.15) is 48.2 Å². The van der Waals surface area contributed by atoms with Crippen molar-refractivity contribution in [2.24, 2.45) is 0 Å². The van der Waals surface area contributed by atoms with Gasteiger partial charge in [-0.15, -0.1) is 0 Å². The molecular formula is C70H77ClN8O10. The molecule has 18 nitrogen and oxygen atoms in total. The number of aliphatic hydroxyl groups is 1. The number of aryl methyl sites for hydroxylation is 2. The summed E-state index contributed by atoms with van der Waals surface area (Å²) >= 11 is 5.55. The lowest BCUT2D eigenvalue weighted by atomic mass is 9.92. The van der Waals surface area contributed by atoms with E-state index >= 15 is 0 Å². The third-order valence-corrected chi connectivity index (χ3v) is 14.9. The van der Waals surface area contributed by atoms with Crippen LogP contribution in [0.15, 0.2) is 121 Å². The topological polar surface area (TPSA) is 242 Å². The van der Waals surface area contributed by atoms with Gasteiger partial charge in [-0.05, 0) is 163 Å². The van der Waals surface area contributed by atoms with Gasteiger partial charge < -0.3 is 48.9 Å². The number of carbonyl (C=O) groups is 2. The van der Waals surface area contributed by atoms with Gasteiger partial charge >= 0.3 is 0 Å². The zero-order valence-corrected chi connectivity index (χ0v) is 53.0. The van der Waals surface area contributed by atoms with E-state index in [1.807, 2.05) is 73.7 Å². The lowest BCUT2D eigenvalue weighted by Gasteiger charge is -2.17. The van der Waals surface area contributed by atoms with Gasteiger partial charge in [-0.3, -0.25) is 9.59 Å². The lowest BCUT2D eigenvalue weighted by molar-refractivity contribution is -0.119. The fourth-order valence-electron chi connectivity index (χ4n) is 9.61. The zero-order chi connectivity index (χ0) is 64.2. The number of carbonyl (C=O) groups excluding carboxylic acids is 2. The summed E-state index contributed by atoms with van der Waals surface area (Å²) in [6.45, 7) is 13.8. The third-order valence-electron chi connectivity index (χ3n) is 14.7. The van der Waals surface area contributed by atoms with Crippen LogP contribution in [0, 0.1) is 50.4 Å². The van der Waals surface area contributed by atoms with E-state index in [9.17, 15) is 20.0 Å². The first-order valence-electron chi connectivity index (χ1n) is 29.0. The van der Waals surface area contributed by atoms with Crippen LogP contribution in [0.3, 0.4) is 0 Å². The van der Waals surface area contributed by atoms with Crippen molar-refractivity contribution in [2.45, 2.75) is 106 Å². The number of hydrogen-bond acceptors (Lipinski definition) is 16. The van der Waals surface area contributed by atoms with Gasteiger partial charge in [0.15, 0.2) is 0 Å². The number of ether oxygens (including phenoxy) is 7. The molecule has 8 rings (SSSR count). The minimum atomic E-state index is -0.0136. The third kappa shape index (κ3) is 19.9. The van der Waals surface area contributed by atoms with Crippen molar-refractivity contribution in [3.63, 3.8) is 0 Å². The number of aliphatic hydroxyl groups excluding tert-OH is 1. The fraction of sp³-hybridized carbons (Fsp3) is 0.314. The number of amides is 2. The molecule has 0 atom stereocenters. The quantitative estimate of drug-likeness (QED) is 0.0337. The fourth-order valence-corrected chi connectivity index (χ4v) is 9.75. The second-order valence-corrected chi connectivity index (χ2v) is 20.9. The largest absolute Gasteiger partial charge is 0.481 e. The number of benzene rings is 4. The average Bonchev–Trinajstić information content (AvgIpc) is 1.76. The van der Waals surface area contributed by atoms with E-state index in [0.717, 1.165) is 116 Å². The number of rotatable bonds is 26. The number of nitrogens with zero attached hydrogens (tertiary/aromatic N) is 6. The Labute approximate surface area is 526 Å². The molecule has 0 fully saturated rings.